The van der Waals surface area contributed by atoms with Gasteiger partial charge in [-0.1, -0.05) is 0 Å². The zero-order valence-corrected chi connectivity index (χ0v) is 10.7. The van der Waals surface area contributed by atoms with E-state index in [0.717, 1.165) is 0 Å². The van der Waals surface area contributed by atoms with Gasteiger partial charge in [-0.25, -0.2) is 9.59 Å². The molecule has 1 aromatic heterocycles. The van der Waals surface area contributed by atoms with Crippen molar-refractivity contribution in [2.75, 3.05) is 7.05 Å². The number of likely N-dealkylation sites (N-methyl/N-ethyl adjacent to an activating group) is 1. The van der Waals surface area contributed by atoms with Crippen LogP contribution < -0.4 is 10.9 Å². The molecule has 1 rings (SSSR count). The van der Waals surface area contributed by atoms with Gasteiger partial charge in [0.15, 0.2) is 6.10 Å². The van der Waals surface area contributed by atoms with E-state index < -0.39 is 23.6 Å². The summed E-state index contributed by atoms with van der Waals surface area (Å²) in [5.41, 5.74) is 0.101. The van der Waals surface area contributed by atoms with Crippen molar-refractivity contribution in [1.29, 1.82) is 0 Å². The molecule has 0 aliphatic carbocycles. The fourth-order valence-electron chi connectivity index (χ4n) is 1.54. The summed E-state index contributed by atoms with van der Waals surface area (Å²) in [4.78, 5) is 34.2. The highest BCUT2D eigenvalue weighted by molar-refractivity contribution is 5.94. The van der Waals surface area contributed by atoms with Gasteiger partial charge < -0.3 is 14.5 Å². The van der Waals surface area contributed by atoms with Gasteiger partial charge >= 0.3 is 11.6 Å². The Morgan fingerprint density at radius 1 is 1.39 bits per heavy atom. The first-order valence-electron chi connectivity index (χ1n) is 5.40. The van der Waals surface area contributed by atoms with E-state index in [1.807, 2.05) is 0 Å². The Labute approximate surface area is 104 Å². The molecule has 6 nitrogen and oxygen atoms in total. The summed E-state index contributed by atoms with van der Waals surface area (Å²) < 4.78 is 9.80. The summed E-state index contributed by atoms with van der Waals surface area (Å²) in [6, 6.07) is 1.20. The molecule has 0 aliphatic rings. The van der Waals surface area contributed by atoms with E-state index in [0.29, 0.717) is 5.56 Å². The highest BCUT2D eigenvalue weighted by Gasteiger charge is 2.21. The van der Waals surface area contributed by atoms with Crippen LogP contribution in [0, 0.1) is 13.8 Å². The number of carbonyl (C=O) groups excluding carboxylic acids is 2. The second kappa shape index (κ2) is 5.48. The molecule has 0 radical (unpaired) electrons. The topological polar surface area (TPSA) is 85.6 Å². The van der Waals surface area contributed by atoms with Crippen LogP contribution in [0.3, 0.4) is 0 Å². The molecule has 1 heterocycles. The lowest BCUT2D eigenvalue weighted by molar-refractivity contribution is -0.128. The van der Waals surface area contributed by atoms with E-state index in [2.05, 4.69) is 5.32 Å². The Hall–Kier alpha value is -2.11. The molecule has 6 heteroatoms. The van der Waals surface area contributed by atoms with Crippen molar-refractivity contribution in [2.24, 2.45) is 0 Å². The van der Waals surface area contributed by atoms with E-state index in [9.17, 15) is 14.4 Å². The number of aryl methyl sites for hydroxylation is 2. The Morgan fingerprint density at radius 3 is 2.50 bits per heavy atom. The molecule has 0 saturated heterocycles. The molecule has 1 amide bonds. The van der Waals surface area contributed by atoms with Gasteiger partial charge in [0, 0.05) is 13.1 Å². The summed E-state index contributed by atoms with van der Waals surface area (Å²) in [5, 5.41) is 2.37. The van der Waals surface area contributed by atoms with Crippen molar-refractivity contribution in [3.8, 4) is 0 Å². The van der Waals surface area contributed by atoms with Crippen LogP contribution >= 0.6 is 0 Å². The van der Waals surface area contributed by atoms with Crippen LogP contribution in [0.2, 0.25) is 0 Å². The summed E-state index contributed by atoms with van der Waals surface area (Å²) in [6.45, 7) is 4.56. The Balaban J connectivity index is 2.99. The standard InChI is InChI=1S/C12H15NO5/c1-6-5-9(14)17-7(2)10(6)12(16)18-8(3)11(15)13-4/h5,8H,1-4H3,(H,13,15)/t8-/m1/s1. The van der Waals surface area contributed by atoms with Gasteiger partial charge in [-0.05, 0) is 26.3 Å². The van der Waals surface area contributed by atoms with Crippen LogP contribution in [-0.2, 0) is 9.53 Å². The van der Waals surface area contributed by atoms with Gasteiger partial charge in [-0.15, -0.1) is 0 Å². The summed E-state index contributed by atoms with van der Waals surface area (Å²) in [7, 11) is 1.45. The smallest absolute Gasteiger partial charge is 0.342 e. The van der Waals surface area contributed by atoms with Crippen LogP contribution in [0.5, 0.6) is 0 Å². The number of hydrogen-bond donors (Lipinski definition) is 1. The average molecular weight is 253 g/mol. The van der Waals surface area contributed by atoms with Gasteiger partial charge in [0.1, 0.15) is 11.3 Å². The molecular weight excluding hydrogens is 238 g/mol. The van der Waals surface area contributed by atoms with E-state index in [4.69, 9.17) is 9.15 Å². The lowest BCUT2D eigenvalue weighted by atomic mass is 10.1. The maximum Gasteiger partial charge on any atom is 0.342 e. The van der Waals surface area contributed by atoms with Crippen LogP contribution in [0.1, 0.15) is 28.6 Å². The molecule has 0 unspecified atom stereocenters. The Kier molecular flexibility index (Phi) is 4.25. The van der Waals surface area contributed by atoms with Crippen LogP contribution in [0.25, 0.3) is 0 Å². The predicted molar refractivity (Wildman–Crippen MR) is 63.4 cm³/mol. The highest BCUT2D eigenvalue weighted by atomic mass is 16.5. The monoisotopic (exact) mass is 253 g/mol. The van der Waals surface area contributed by atoms with E-state index in [-0.39, 0.29) is 11.3 Å². The van der Waals surface area contributed by atoms with E-state index in [1.165, 1.54) is 27.0 Å². The molecule has 98 valence electrons. The molecule has 0 bridgehead atoms. The van der Waals surface area contributed by atoms with Crippen molar-refractivity contribution in [1.82, 2.24) is 5.32 Å². The molecule has 0 aromatic carbocycles. The SMILES string of the molecule is CNC(=O)[C@@H](C)OC(=O)c1c(C)cc(=O)oc1C. The minimum Gasteiger partial charge on any atom is -0.449 e. The van der Waals surface area contributed by atoms with Crippen molar-refractivity contribution >= 4 is 11.9 Å². The van der Waals surface area contributed by atoms with Crippen LogP contribution in [0.4, 0.5) is 0 Å². The van der Waals surface area contributed by atoms with Crippen molar-refractivity contribution in [3.05, 3.63) is 33.4 Å². The minimum absolute atomic E-state index is 0.172. The summed E-state index contributed by atoms with van der Waals surface area (Å²) in [5.74, 6) is -0.921. The third-order valence-corrected chi connectivity index (χ3v) is 2.44. The Morgan fingerprint density at radius 2 is 2.00 bits per heavy atom. The number of hydrogen-bond acceptors (Lipinski definition) is 5. The number of amides is 1. The normalized spacial score (nSPS) is 11.8. The number of rotatable bonds is 3. The van der Waals surface area contributed by atoms with Gasteiger partial charge in [-0.2, -0.15) is 0 Å². The second-order valence-electron chi connectivity index (χ2n) is 3.84. The summed E-state index contributed by atoms with van der Waals surface area (Å²) in [6.07, 6.45) is -0.909. The predicted octanol–water partition coefficient (Wildman–Crippen LogP) is 0.548. The zero-order valence-electron chi connectivity index (χ0n) is 10.7. The molecule has 0 aliphatic heterocycles. The minimum atomic E-state index is -0.909. The highest BCUT2D eigenvalue weighted by Crippen LogP contribution is 2.13. The van der Waals surface area contributed by atoms with Crippen molar-refractivity contribution in [2.45, 2.75) is 26.9 Å². The summed E-state index contributed by atoms with van der Waals surface area (Å²) >= 11 is 0. The Bertz CT molecular complexity index is 506. The molecule has 0 saturated carbocycles. The first kappa shape index (κ1) is 14.0. The fraction of sp³-hybridized carbons (Fsp3) is 0.417. The molecule has 18 heavy (non-hydrogen) atoms. The maximum atomic E-state index is 11.9. The molecule has 0 spiro atoms. The van der Waals surface area contributed by atoms with Gasteiger partial charge in [-0.3, -0.25) is 4.79 Å². The first-order valence-corrected chi connectivity index (χ1v) is 5.40. The number of esters is 1. The lowest BCUT2D eigenvalue weighted by Crippen LogP contribution is -2.33. The number of ether oxygens (including phenoxy) is 1. The molecule has 0 fully saturated rings. The van der Waals surface area contributed by atoms with Crippen LogP contribution in [0.15, 0.2) is 15.3 Å². The quantitative estimate of drug-likeness (QED) is 0.795. The molecule has 1 atom stereocenters. The van der Waals surface area contributed by atoms with Gasteiger partial charge in [0.2, 0.25) is 0 Å². The molecule has 1 aromatic rings. The van der Waals surface area contributed by atoms with Crippen LogP contribution in [-0.4, -0.2) is 25.0 Å². The van der Waals surface area contributed by atoms with Gasteiger partial charge in [0.25, 0.3) is 5.91 Å². The largest absolute Gasteiger partial charge is 0.449 e. The van der Waals surface area contributed by atoms with Crippen molar-refractivity contribution in [3.63, 3.8) is 0 Å². The number of carbonyl (C=O) groups is 2. The lowest BCUT2D eigenvalue weighted by Gasteiger charge is -2.13. The van der Waals surface area contributed by atoms with Gasteiger partial charge in [0.05, 0.1) is 0 Å². The first-order chi connectivity index (χ1) is 8.36. The molecule has 1 N–H and O–H groups in total. The molecular formula is C12H15NO5. The zero-order chi connectivity index (χ0) is 13.9. The maximum absolute atomic E-state index is 11.9. The van der Waals surface area contributed by atoms with E-state index in [1.54, 1.807) is 6.92 Å². The van der Waals surface area contributed by atoms with E-state index >= 15 is 0 Å². The second-order valence-corrected chi connectivity index (χ2v) is 3.84. The third kappa shape index (κ3) is 2.97. The average Bonchev–Trinajstić information content (AvgIpc) is 2.26. The van der Waals surface area contributed by atoms with Crippen molar-refractivity contribution < 1.29 is 18.7 Å². The number of nitrogens with one attached hydrogen (secondary N) is 1. The third-order valence-electron chi connectivity index (χ3n) is 2.44. The fourth-order valence-corrected chi connectivity index (χ4v) is 1.54.